The Hall–Kier alpha value is -2.46. The third kappa shape index (κ3) is 6.16. The fraction of sp³-hybridized carbons (Fsp3) is 0.400. The van der Waals surface area contributed by atoms with E-state index in [-0.39, 0.29) is 29.5 Å². The van der Waals surface area contributed by atoms with Gasteiger partial charge in [0.25, 0.3) is 5.91 Å². The predicted molar refractivity (Wildman–Crippen MR) is 89.3 cm³/mol. The number of amides is 2. The molecule has 0 unspecified atom stereocenters. The summed E-state index contributed by atoms with van der Waals surface area (Å²) in [6.07, 6.45) is 0. The molecule has 0 spiro atoms. The number of sulfonamides is 1. The number of likely N-dealkylation sites (N-methyl/N-ethyl adjacent to an activating group) is 2. The van der Waals surface area contributed by atoms with Gasteiger partial charge in [-0.1, -0.05) is 6.92 Å². The van der Waals surface area contributed by atoms with Crippen molar-refractivity contribution in [1.82, 2.24) is 14.9 Å². The third-order valence-corrected chi connectivity index (χ3v) is 4.71. The van der Waals surface area contributed by atoms with E-state index < -0.39 is 28.5 Å². The van der Waals surface area contributed by atoms with Crippen molar-refractivity contribution in [3.63, 3.8) is 0 Å². The molecule has 0 heterocycles. The zero-order chi connectivity index (χ0) is 19.0. The van der Waals surface area contributed by atoms with E-state index in [9.17, 15) is 22.8 Å². The standard InChI is InChI=1S/C15H21N3O6S/c1-4-17-25(22,23)12-7-5-11(6-8-12)15(21)24-10-14(20)18(3)9-13(19)16-2/h5-8,17H,4,9-10H2,1-3H3,(H,16,19). The van der Waals surface area contributed by atoms with Crippen molar-refractivity contribution in [2.45, 2.75) is 11.8 Å². The number of esters is 1. The van der Waals surface area contributed by atoms with Crippen LogP contribution in [0, 0.1) is 0 Å². The Morgan fingerprint density at radius 2 is 1.76 bits per heavy atom. The molecule has 0 aliphatic rings. The van der Waals surface area contributed by atoms with Crippen molar-refractivity contribution in [3.05, 3.63) is 29.8 Å². The van der Waals surface area contributed by atoms with Crippen LogP contribution in [0.3, 0.4) is 0 Å². The van der Waals surface area contributed by atoms with Crippen LogP contribution >= 0.6 is 0 Å². The number of hydrogen-bond acceptors (Lipinski definition) is 6. The second-order valence-corrected chi connectivity index (χ2v) is 6.79. The lowest BCUT2D eigenvalue weighted by atomic mass is 10.2. The summed E-state index contributed by atoms with van der Waals surface area (Å²) in [4.78, 5) is 36.0. The normalized spacial score (nSPS) is 10.8. The fourth-order valence-corrected chi connectivity index (χ4v) is 2.79. The number of benzene rings is 1. The number of nitrogens with one attached hydrogen (secondary N) is 2. The molecule has 0 saturated carbocycles. The molecule has 0 aliphatic heterocycles. The van der Waals surface area contributed by atoms with Crippen LogP contribution in [-0.2, 0) is 24.3 Å². The summed E-state index contributed by atoms with van der Waals surface area (Å²) < 4.78 is 30.8. The maximum absolute atomic E-state index is 11.9. The predicted octanol–water partition coefficient (Wildman–Crippen LogP) is -0.654. The van der Waals surface area contributed by atoms with Crippen LogP contribution in [0.1, 0.15) is 17.3 Å². The molecule has 1 aromatic carbocycles. The molecule has 2 N–H and O–H groups in total. The molecule has 0 aromatic heterocycles. The lowest BCUT2D eigenvalue weighted by molar-refractivity contribution is -0.137. The van der Waals surface area contributed by atoms with Crippen LogP contribution in [0.25, 0.3) is 0 Å². The summed E-state index contributed by atoms with van der Waals surface area (Å²) in [6.45, 7) is 1.23. The molecule has 1 rings (SSSR count). The second-order valence-electron chi connectivity index (χ2n) is 5.02. The van der Waals surface area contributed by atoms with Crippen LogP contribution in [0.4, 0.5) is 0 Å². The van der Waals surface area contributed by atoms with Crippen molar-refractivity contribution in [1.29, 1.82) is 0 Å². The molecule has 0 radical (unpaired) electrons. The maximum atomic E-state index is 11.9. The fourth-order valence-electron chi connectivity index (χ4n) is 1.75. The molecule has 0 saturated heterocycles. The highest BCUT2D eigenvalue weighted by Gasteiger charge is 2.17. The van der Waals surface area contributed by atoms with Gasteiger partial charge in [0.2, 0.25) is 15.9 Å². The molecule has 25 heavy (non-hydrogen) atoms. The highest BCUT2D eigenvalue weighted by atomic mass is 32.2. The Labute approximate surface area is 146 Å². The van der Waals surface area contributed by atoms with E-state index in [1.165, 1.54) is 38.4 Å². The van der Waals surface area contributed by atoms with Gasteiger partial charge in [-0.15, -0.1) is 0 Å². The van der Waals surface area contributed by atoms with Crippen LogP contribution in [0.5, 0.6) is 0 Å². The van der Waals surface area contributed by atoms with Crippen molar-refractivity contribution in [2.75, 3.05) is 33.8 Å². The molecule has 0 aliphatic carbocycles. The Bertz CT molecular complexity index is 730. The van der Waals surface area contributed by atoms with Gasteiger partial charge in [-0.25, -0.2) is 17.9 Å². The van der Waals surface area contributed by atoms with E-state index in [1.54, 1.807) is 6.92 Å². The molecular formula is C15H21N3O6S. The molecule has 1 aromatic rings. The molecule has 0 atom stereocenters. The van der Waals surface area contributed by atoms with Crippen molar-refractivity contribution >= 4 is 27.8 Å². The first-order valence-electron chi connectivity index (χ1n) is 7.42. The quantitative estimate of drug-likeness (QED) is 0.586. The van der Waals surface area contributed by atoms with Gasteiger partial charge in [-0.3, -0.25) is 9.59 Å². The Morgan fingerprint density at radius 3 is 2.28 bits per heavy atom. The van der Waals surface area contributed by atoms with Crippen LogP contribution in [-0.4, -0.2) is 64.9 Å². The van der Waals surface area contributed by atoms with Gasteiger partial charge in [0.15, 0.2) is 6.61 Å². The van der Waals surface area contributed by atoms with E-state index in [0.717, 1.165) is 4.90 Å². The van der Waals surface area contributed by atoms with Gasteiger partial charge >= 0.3 is 5.97 Å². The number of carbonyl (C=O) groups is 3. The summed E-state index contributed by atoms with van der Waals surface area (Å²) in [7, 11) is -0.751. The molecule has 10 heteroatoms. The summed E-state index contributed by atoms with van der Waals surface area (Å²) in [6, 6.07) is 5.14. The molecule has 9 nitrogen and oxygen atoms in total. The molecular weight excluding hydrogens is 350 g/mol. The minimum absolute atomic E-state index is 0.0206. The van der Waals surface area contributed by atoms with Crippen molar-refractivity contribution in [2.24, 2.45) is 0 Å². The van der Waals surface area contributed by atoms with Gasteiger partial charge in [0.1, 0.15) is 0 Å². The summed E-state index contributed by atoms with van der Waals surface area (Å²) in [5, 5.41) is 2.37. The van der Waals surface area contributed by atoms with E-state index in [0.29, 0.717) is 0 Å². The molecule has 0 bridgehead atoms. The van der Waals surface area contributed by atoms with Crippen molar-refractivity contribution < 1.29 is 27.5 Å². The highest BCUT2D eigenvalue weighted by Crippen LogP contribution is 2.11. The van der Waals surface area contributed by atoms with E-state index in [2.05, 4.69) is 10.0 Å². The number of nitrogens with zero attached hydrogens (tertiary/aromatic N) is 1. The first kappa shape index (κ1) is 20.6. The number of hydrogen-bond donors (Lipinski definition) is 2. The van der Waals surface area contributed by atoms with E-state index in [4.69, 9.17) is 4.74 Å². The topological polar surface area (TPSA) is 122 Å². The van der Waals surface area contributed by atoms with Gasteiger partial charge in [0.05, 0.1) is 17.0 Å². The van der Waals surface area contributed by atoms with Gasteiger partial charge in [-0.2, -0.15) is 0 Å². The number of rotatable bonds is 8. The average Bonchev–Trinajstić information content (AvgIpc) is 2.59. The monoisotopic (exact) mass is 371 g/mol. The lowest BCUT2D eigenvalue weighted by Crippen LogP contribution is -2.39. The number of carbonyl (C=O) groups excluding carboxylic acids is 3. The van der Waals surface area contributed by atoms with Gasteiger partial charge in [0, 0.05) is 20.6 Å². The minimum atomic E-state index is -3.60. The van der Waals surface area contributed by atoms with Crippen LogP contribution in [0.2, 0.25) is 0 Å². The zero-order valence-corrected chi connectivity index (χ0v) is 15.1. The first-order valence-corrected chi connectivity index (χ1v) is 8.91. The third-order valence-electron chi connectivity index (χ3n) is 3.15. The maximum Gasteiger partial charge on any atom is 0.338 e. The summed E-state index contributed by atoms with van der Waals surface area (Å²) >= 11 is 0. The first-order chi connectivity index (χ1) is 11.7. The zero-order valence-electron chi connectivity index (χ0n) is 14.2. The van der Waals surface area contributed by atoms with Crippen LogP contribution in [0.15, 0.2) is 29.2 Å². The SMILES string of the molecule is CCNS(=O)(=O)c1ccc(C(=O)OCC(=O)N(C)CC(=O)NC)cc1. The van der Waals surface area contributed by atoms with Gasteiger partial charge in [-0.05, 0) is 24.3 Å². The Morgan fingerprint density at radius 1 is 1.16 bits per heavy atom. The highest BCUT2D eigenvalue weighted by molar-refractivity contribution is 7.89. The van der Waals surface area contributed by atoms with Gasteiger partial charge < -0.3 is 15.0 Å². The smallest absolute Gasteiger partial charge is 0.338 e. The minimum Gasteiger partial charge on any atom is -0.452 e. The summed E-state index contributed by atoms with van der Waals surface area (Å²) in [5.41, 5.74) is 0.109. The lowest BCUT2D eigenvalue weighted by Gasteiger charge is -2.15. The second kappa shape index (κ2) is 9.14. The van der Waals surface area contributed by atoms with Crippen LogP contribution < -0.4 is 10.0 Å². The Kier molecular flexibility index (Phi) is 7.52. The molecule has 0 fully saturated rings. The molecule has 138 valence electrons. The van der Waals surface area contributed by atoms with E-state index in [1.807, 2.05) is 0 Å². The molecule has 2 amide bonds. The largest absolute Gasteiger partial charge is 0.452 e. The number of ether oxygens (including phenoxy) is 1. The van der Waals surface area contributed by atoms with E-state index >= 15 is 0 Å². The summed E-state index contributed by atoms with van der Waals surface area (Å²) in [5.74, 6) is -1.66. The Balaban J connectivity index is 2.64. The average molecular weight is 371 g/mol. The van der Waals surface area contributed by atoms with Crippen molar-refractivity contribution in [3.8, 4) is 0 Å².